The minimum Gasteiger partial charge on any atom is -0.454 e. The summed E-state index contributed by atoms with van der Waals surface area (Å²) < 4.78 is 8.04. The third-order valence-corrected chi connectivity index (χ3v) is 5.38. The van der Waals surface area contributed by atoms with Gasteiger partial charge in [0.15, 0.2) is 11.2 Å². The van der Waals surface area contributed by atoms with Gasteiger partial charge < -0.3 is 9.73 Å². The van der Waals surface area contributed by atoms with Gasteiger partial charge in [-0.1, -0.05) is 24.3 Å². The zero-order chi connectivity index (χ0) is 21.5. The Kier molecular flexibility index (Phi) is 4.55. The van der Waals surface area contributed by atoms with E-state index in [0.717, 1.165) is 27.7 Å². The molecule has 1 N–H and O–H groups in total. The molecule has 6 heteroatoms. The van der Waals surface area contributed by atoms with Gasteiger partial charge in [-0.15, -0.1) is 0 Å². The lowest BCUT2D eigenvalue weighted by Gasteiger charge is -2.18. The Balaban J connectivity index is 1.65. The number of aromatic nitrogens is 3. The number of pyridine rings is 1. The van der Waals surface area contributed by atoms with Crippen molar-refractivity contribution in [2.45, 2.75) is 19.9 Å². The molecular formula is C25H22N4O2. The van der Waals surface area contributed by atoms with Crippen molar-refractivity contribution < 1.29 is 4.42 Å². The quantitative estimate of drug-likeness (QED) is 0.440. The molecule has 0 aliphatic heterocycles. The maximum absolute atomic E-state index is 13.0. The molecular weight excluding hydrogens is 388 g/mol. The average molecular weight is 410 g/mol. The molecule has 154 valence electrons. The molecule has 5 rings (SSSR count). The molecule has 0 amide bonds. The Labute approximate surface area is 179 Å². The van der Waals surface area contributed by atoms with E-state index in [2.05, 4.69) is 28.4 Å². The summed E-state index contributed by atoms with van der Waals surface area (Å²) in [4.78, 5) is 17.5. The van der Waals surface area contributed by atoms with Crippen LogP contribution in [0, 0.1) is 6.92 Å². The summed E-state index contributed by atoms with van der Waals surface area (Å²) in [7, 11) is 1.87. The first-order valence-electron chi connectivity index (χ1n) is 10.2. The molecule has 2 aromatic carbocycles. The molecule has 1 unspecified atom stereocenters. The van der Waals surface area contributed by atoms with Crippen molar-refractivity contribution in [3.05, 3.63) is 88.3 Å². The van der Waals surface area contributed by atoms with Gasteiger partial charge in [0, 0.05) is 35.9 Å². The highest BCUT2D eigenvalue weighted by Gasteiger charge is 2.17. The first kappa shape index (κ1) is 19.1. The van der Waals surface area contributed by atoms with E-state index in [4.69, 9.17) is 4.42 Å². The lowest BCUT2D eigenvalue weighted by Crippen LogP contribution is -2.10. The Morgan fingerprint density at radius 2 is 1.90 bits per heavy atom. The summed E-state index contributed by atoms with van der Waals surface area (Å²) in [5.74, 6) is 0.445. The monoisotopic (exact) mass is 410 g/mol. The van der Waals surface area contributed by atoms with E-state index in [1.54, 1.807) is 10.9 Å². The zero-order valence-electron chi connectivity index (χ0n) is 17.6. The molecule has 31 heavy (non-hydrogen) atoms. The summed E-state index contributed by atoms with van der Waals surface area (Å²) in [5.41, 5.74) is 4.85. The fraction of sp³-hybridized carbons (Fsp3) is 0.160. The van der Waals surface area contributed by atoms with Gasteiger partial charge in [0.05, 0.1) is 17.6 Å². The van der Waals surface area contributed by atoms with Crippen LogP contribution in [-0.4, -0.2) is 14.8 Å². The first-order chi connectivity index (χ1) is 15.0. The molecule has 0 saturated heterocycles. The van der Waals surface area contributed by atoms with Crippen molar-refractivity contribution in [2.75, 3.05) is 5.32 Å². The van der Waals surface area contributed by atoms with Crippen LogP contribution in [0.1, 0.15) is 24.1 Å². The molecule has 0 fully saturated rings. The molecule has 6 nitrogen and oxygen atoms in total. The maximum atomic E-state index is 13.0. The van der Waals surface area contributed by atoms with Gasteiger partial charge in [-0.3, -0.25) is 14.5 Å². The predicted molar refractivity (Wildman–Crippen MR) is 123 cm³/mol. The lowest BCUT2D eigenvalue weighted by molar-refractivity contribution is 0.608. The van der Waals surface area contributed by atoms with Crippen molar-refractivity contribution in [1.29, 1.82) is 0 Å². The number of rotatable bonds is 4. The van der Waals surface area contributed by atoms with Crippen LogP contribution < -0.4 is 10.7 Å². The minimum absolute atomic E-state index is 0.0584. The van der Waals surface area contributed by atoms with Crippen LogP contribution in [0.25, 0.3) is 33.3 Å². The van der Waals surface area contributed by atoms with Crippen LogP contribution in [0.4, 0.5) is 5.69 Å². The molecule has 0 radical (unpaired) electrons. The van der Waals surface area contributed by atoms with Gasteiger partial charge in [0.1, 0.15) is 16.8 Å². The van der Waals surface area contributed by atoms with E-state index in [-0.39, 0.29) is 11.5 Å². The number of nitrogens with one attached hydrogen (secondary N) is 1. The number of hydrogen-bond donors (Lipinski definition) is 1. The molecule has 0 aliphatic carbocycles. The van der Waals surface area contributed by atoms with Crippen LogP contribution in [0.5, 0.6) is 0 Å². The summed E-state index contributed by atoms with van der Waals surface area (Å²) in [5, 5.41) is 9.37. The van der Waals surface area contributed by atoms with Crippen molar-refractivity contribution >= 4 is 27.6 Å². The van der Waals surface area contributed by atoms with Crippen molar-refractivity contribution in [1.82, 2.24) is 14.8 Å². The van der Waals surface area contributed by atoms with Crippen molar-refractivity contribution in [2.24, 2.45) is 7.05 Å². The molecule has 0 saturated carbocycles. The number of fused-ring (bicyclic) bond motifs is 2. The van der Waals surface area contributed by atoms with E-state index >= 15 is 0 Å². The number of nitrogens with zero attached hydrogens (tertiary/aromatic N) is 3. The Hall–Kier alpha value is -3.93. The third-order valence-electron chi connectivity index (χ3n) is 5.38. The van der Waals surface area contributed by atoms with E-state index in [0.29, 0.717) is 22.4 Å². The van der Waals surface area contributed by atoms with Gasteiger partial charge in [-0.05, 0) is 43.7 Å². The van der Waals surface area contributed by atoms with Gasteiger partial charge in [-0.25, -0.2) is 0 Å². The zero-order valence-corrected chi connectivity index (χ0v) is 17.6. The van der Waals surface area contributed by atoms with Gasteiger partial charge in [0.25, 0.3) is 0 Å². The van der Waals surface area contributed by atoms with Crippen molar-refractivity contribution in [3.63, 3.8) is 0 Å². The Bertz CT molecular complexity index is 1470. The normalized spacial score (nSPS) is 12.4. The highest BCUT2D eigenvalue weighted by molar-refractivity contribution is 5.85. The van der Waals surface area contributed by atoms with E-state index < -0.39 is 0 Å². The molecule has 5 aromatic rings. The summed E-state index contributed by atoms with van der Waals surface area (Å²) in [6.07, 6.45) is 3.62. The Morgan fingerprint density at radius 1 is 1.10 bits per heavy atom. The third kappa shape index (κ3) is 3.57. The van der Waals surface area contributed by atoms with Crippen LogP contribution >= 0.6 is 0 Å². The smallest absolute Gasteiger partial charge is 0.193 e. The molecule has 1 atom stereocenters. The molecule has 0 bridgehead atoms. The Morgan fingerprint density at radius 3 is 2.71 bits per heavy atom. The first-order valence-corrected chi connectivity index (χ1v) is 10.2. The topological polar surface area (TPSA) is 73.0 Å². The van der Waals surface area contributed by atoms with Gasteiger partial charge >= 0.3 is 0 Å². The van der Waals surface area contributed by atoms with Crippen LogP contribution in [0.2, 0.25) is 0 Å². The largest absolute Gasteiger partial charge is 0.454 e. The van der Waals surface area contributed by atoms with E-state index in [9.17, 15) is 4.79 Å². The lowest BCUT2D eigenvalue weighted by atomic mass is 10.0. The number of hydrogen-bond acceptors (Lipinski definition) is 5. The molecule has 3 aromatic heterocycles. The fourth-order valence-electron chi connectivity index (χ4n) is 3.93. The second-order valence-corrected chi connectivity index (χ2v) is 7.87. The van der Waals surface area contributed by atoms with Crippen LogP contribution in [0.3, 0.4) is 0 Å². The second kappa shape index (κ2) is 7.40. The number of benzene rings is 2. The summed E-state index contributed by atoms with van der Waals surface area (Å²) in [6.45, 7) is 4.05. The van der Waals surface area contributed by atoms with Crippen molar-refractivity contribution in [3.8, 4) is 11.5 Å². The fourth-order valence-corrected chi connectivity index (χ4v) is 3.93. The second-order valence-electron chi connectivity index (χ2n) is 7.87. The number of para-hydroxylation sites is 1. The average Bonchev–Trinajstić information content (AvgIpc) is 3.13. The summed E-state index contributed by atoms with van der Waals surface area (Å²) in [6, 6.07) is 17.3. The maximum Gasteiger partial charge on any atom is 0.193 e. The van der Waals surface area contributed by atoms with Gasteiger partial charge in [-0.2, -0.15) is 5.10 Å². The highest BCUT2D eigenvalue weighted by Crippen LogP contribution is 2.30. The number of aryl methyl sites for hydroxylation is 2. The molecule has 3 heterocycles. The molecule has 0 spiro atoms. The molecule has 0 aliphatic rings. The SMILES string of the molecule is Cc1cc(C(C)Nc2ccccc2)c2oc(-c3cc4cn(C)nc4cn3)cc(=O)c2c1. The predicted octanol–water partition coefficient (Wildman–Crippen LogP) is 5.22. The van der Waals surface area contributed by atoms with E-state index in [1.165, 1.54) is 6.07 Å². The highest BCUT2D eigenvalue weighted by atomic mass is 16.3. The summed E-state index contributed by atoms with van der Waals surface area (Å²) >= 11 is 0. The van der Waals surface area contributed by atoms with Crippen LogP contribution in [0.15, 0.2) is 76.2 Å². The minimum atomic E-state index is -0.0822. The van der Waals surface area contributed by atoms with E-state index in [1.807, 2.05) is 62.6 Å². The van der Waals surface area contributed by atoms with Gasteiger partial charge in [0.2, 0.25) is 0 Å². The standard InChI is InChI=1S/C25H22N4O2/c1-15-9-19(16(2)27-18-7-5-4-6-8-18)25-20(10-15)23(30)12-24(31-25)21-11-17-14-29(3)28-22(17)13-26-21/h4-14,16,27H,1-3H3. The number of anilines is 1. The van der Waals surface area contributed by atoms with Crippen LogP contribution in [-0.2, 0) is 7.05 Å².